The Morgan fingerprint density at radius 1 is 1.14 bits per heavy atom. The summed E-state index contributed by atoms with van der Waals surface area (Å²) < 4.78 is 5.29. The van der Waals surface area contributed by atoms with Gasteiger partial charge in [0.15, 0.2) is 0 Å². The number of hydrogen-bond acceptors (Lipinski definition) is 5. The topological polar surface area (TPSA) is 91.0 Å². The second kappa shape index (κ2) is 10.2. The van der Waals surface area contributed by atoms with Crippen molar-refractivity contribution in [3.8, 4) is 0 Å². The highest BCUT2D eigenvalue weighted by molar-refractivity contribution is 6.04. The Balaban J connectivity index is 1.35. The molecule has 2 heterocycles. The minimum absolute atomic E-state index is 0.0990. The largest absolute Gasteiger partial charge is 0.379 e. The maximum Gasteiger partial charge on any atom is 0.324 e. The number of carbonyl (C=O) groups excluding carboxylic acids is 3. The number of ether oxygens (including phenoxy) is 1. The van der Waals surface area contributed by atoms with Gasteiger partial charge in [-0.25, -0.2) is 4.79 Å². The molecule has 0 saturated carbocycles. The minimum atomic E-state index is -0.617. The lowest BCUT2D eigenvalue weighted by Gasteiger charge is -2.26. The van der Waals surface area contributed by atoms with Gasteiger partial charge < -0.3 is 15.4 Å². The molecule has 28 heavy (non-hydrogen) atoms. The molecule has 0 bridgehead atoms. The Morgan fingerprint density at radius 3 is 2.64 bits per heavy atom. The number of benzene rings is 1. The van der Waals surface area contributed by atoms with Crippen LogP contribution in [0.4, 0.5) is 4.79 Å². The molecule has 2 N–H and O–H groups in total. The number of hydrogen-bond donors (Lipinski definition) is 2. The summed E-state index contributed by atoms with van der Waals surface area (Å²) in [5.74, 6) is -0.347. The monoisotopic (exact) mass is 388 g/mol. The van der Waals surface area contributed by atoms with Gasteiger partial charge in [0.05, 0.1) is 13.2 Å². The first-order valence-corrected chi connectivity index (χ1v) is 9.86. The van der Waals surface area contributed by atoms with E-state index in [4.69, 9.17) is 4.74 Å². The molecule has 0 radical (unpaired) electrons. The Morgan fingerprint density at radius 2 is 1.89 bits per heavy atom. The van der Waals surface area contributed by atoms with Gasteiger partial charge >= 0.3 is 6.03 Å². The predicted octanol–water partition coefficient (Wildman–Crippen LogP) is 0.378. The zero-order valence-corrected chi connectivity index (χ0v) is 16.1. The average Bonchev–Trinajstić information content (AvgIpc) is 2.99. The lowest BCUT2D eigenvalue weighted by Crippen LogP contribution is -2.41. The zero-order chi connectivity index (χ0) is 19.8. The Kier molecular flexibility index (Phi) is 7.39. The van der Waals surface area contributed by atoms with Gasteiger partial charge in [-0.05, 0) is 18.4 Å². The Bertz CT molecular complexity index is 676. The summed E-state index contributed by atoms with van der Waals surface area (Å²) in [6.45, 7) is 4.95. The summed E-state index contributed by atoms with van der Waals surface area (Å²) in [5, 5.41) is 5.57. The highest BCUT2D eigenvalue weighted by Gasteiger charge is 2.37. The molecule has 2 fully saturated rings. The van der Waals surface area contributed by atoms with Crippen LogP contribution in [0.25, 0.3) is 0 Å². The summed E-state index contributed by atoms with van der Waals surface area (Å²) in [6, 6.07) is 8.74. The third kappa shape index (κ3) is 5.77. The zero-order valence-electron chi connectivity index (χ0n) is 16.1. The maximum atomic E-state index is 12.5. The van der Waals surface area contributed by atoms with Crippen LogP contribution in [0.3, 0.4) is 0 Å². The fourth-order valence-corrected chi connectivity index (χ4v) is 3.41. The number of nitrogens with zero attached hydrogens (tertiary/aromatic N) is 2. The van der Waals surface area contributed by atoms with Crippen molar-refractivity contribution in [1.29, 1.82) is 0 Å². The summed E-state index contributed by atoms with van der Waals surface area (Å²) in [4.78, 5) is 40.1. The van der Waals surface area contributed by atoms with Crippen molar-refractivity contribution in [2.75, 3.05) is 45.9 Å². The molecular formula is C20H28N4O4. The first-order chi connectivity index (χ1) is 13.6. The standard InChI is InChI=1S/C20H28N4O4/c25-18(21-9-11-23-12-14-28-15-13-23)7-6-17-19(26)24(20(27)22-17)10-8-16-4-2-1-3-5-16/h1-5,17H,6-15H2,(H,21,25)(H,22,27)/t17-/m1/s1. The third-order valence-corrected chi connectivity index (χ3v) is 5.09. The van der Waals surface area contributed by atoms with Gasteiger partial charge in [-0.3, -0.25) is 19.4 Å². The van der Waals surface area contributed by atoms with E-state index in [-0.39, 0.29) is 24.3 Å². The molecule has 4 amide bonds. The lowest BCUT2D eigenvalue weighted by molar-refractivity contribution is -0.127. The van der Waals surface area contributed by atoms with Gasteiger partial charge in [0.1, 0.15) is 6.04 Å². The van der Waals surface area contributed by atoms with Crippen LogP contribution in [0.1, 0.15) is 18.4 Å². The molecule has 1 atom stereocenters. The fourth-order valence-electron chi connectivity index (χ4n) is 3.41. The van der Waals surface area contributed by atoms with Crippen LogP contribution in [0, 0.1) is 0 Å². The molecule has 8 nitrogen and oxygen atoms in total. The second-order valence-electron chi connectivity index (χ2n) is 7.07. The first-order valence-electron chi connectivity index (χ1n) is 9.86. The molecule has 2 saturated heterocycles. The van der Waals surface area contributed by atoms with Crippen LogP contribution >= 0.6 is 0 Å². The van der Waals surface area contributed by atoms with Crippen molar-refractivity contribution in [2.24, 2.45) is 0 Å². The van der Waals surface area contributed by atoms with Crippen LogP contribution in [0.15, 0.2) is 30.3 Å². The van der Waals surface area contributed by atoms with Gasteiger partial charge in [-0.2, -0.15) is 0 Å². The number of amides is 4. The van der Waals surface area contributed by atoms with Crippen LogP contribution in [0.5, 0.6) is 0 Å². The van der Waals surface area contributed by atoms with E-state index in [0.29, 0.717) is 25.9 Å². The van der Waals surface area contributed by atoms with E-state index in [9.17, 15) is 14.4 Å². The van der Waals surface area contributed by atoms with Crippen molar-refractivity contribution in [2.45, 2.75) is 25.3 Å². The van der Waals surface area contributed by atoms with E-state index >= 15 is 0 Å². The maximum absolute atomic E-state index is 12.5. The van der Waals surface area contributed by atoms with Gasteiger partial charge in [-0.15, -0.1) is 0 Å². The average molecular weight is 388 g/mol. The van der Waals surface area contributed by atoms with E-state index < -0.39 is 6.04 Å². The molecule has 2 aliphatic rings. The van der Waals surface area contributed by atoms with Gasteiger partial charge in [0.2, 0.25) is 5.91 Å². The summed E-state index contributed by atoms with van der Waals surface area (Å²) in [7, 11) is 0. The molecule has 2 aliphatic heterocycles. The molecule has 0 aromatic heterocycles. The van der Waals surface area contributed by atoms with Crippen molar-refractivity contribution >= 4 is 17.8 Å². The van der Waals surface area contributed by atoms with Crippen molar-refractivity contribution in [1.82, 2.24) is 20.4 Å². The van der Waals surface area contributed by atoms with Crippen molar-refractivity contribution in [3.05, 3.63) is 35.9 Å². The number of carbonyl (C=O) groups is 3. The molecule has 0 spiro atoms. The second-order valence-corrected chi connectivity index (χ2v) is 7.07. The molecule has 152 valence electrons. The quantitative estimate of drug-likeness (QED) is 0.597. The van der Waals surface area contributed by atoms with Gasteiger partial charge in [-0.1, -0.05) is 30.3 Å². The minimum Gasteiger partial charge on any atom is -0.379 e. The summed E-state index contributed by atoms with van der Waals surface area (Å²) >= 11 is 0. The molecule has 0 aliphatic carbocycles. The van der Waals surface area contributed by atoms with Crippen molar-refractivity contribution in [3.63, 3.8) is 0 Å². The number of nitrogens with one attached hydrogen (secondary N) is 2. The number of rotatable bonds is 9. The van der Waals surface area contributed by atoms with Crippen LogP contribution in [0.2, 0.25) is 0 Å². The normalized spacial score (nSPS) is 20.3. The summed E-state index contributed by atoms with van der Waals surface area (Å²) in [6.07, 6.45) is 1.15. The Hall–Kier alpha value is -2.45. The van der Waals surface area contributed by atoms with E-state index in [0.717, 1.165) is 38.4 Å². The van der Waals surface area contributed by atoms with Crippen LogP contribution in [-0.2, 0) is 20.7 Å². The number of morpholine rings is 1. The number of urea groups is 1. The molecule has 1 aromatic rings. The van der Waals surface area contributed by atoms with Gasteiger partial charge in [0.25, 0.3) is 5.91 Å². The molecule has 3 rings (SSSR count). The van der Waals surface area contributed by atoms with E-state index in [1.165, 1.54) is 4.90 Å². The smallest absolute Gasteiger partial charge is 0.324 e. The fraction of sp³-hybridized carbons (Fsp3) is 0.550. The highest BCUT2D eigenvalue weighted by atomic mass is 16.5. The summed E-state index contributed by atoms with van der Waals surface area (Å²) in [5.41, 5.74) is 1.08. The lowest BCUT2D eigenvalue weighted by atomic mass is 10.1. The van der Waals surface area contributed by atoms with E-state index in [2.05, 4.69) is 15.5 Å². The number of imide groups is 1. The molecular weight excluding hydrogens is 360 g/mol. The van der Waals surface area contributed by atoms with E-state index in [1.807, 2.05) is 30.3 Å². The third-order valence-electron chi connectivity index (χ3n) is 5.09. The molecule has 8 heteroatoms. The SMILES string of the molecule is O=C(CC[C@H]1NC(=O)N(CCc2ccccc2)C1=O)NCCN1CCOCC1. The highest BCUT2D eigenvalue weighted by Crippen LogP contribution is 2.12. The Labute approximate surface area is 165 Å². The molecule has 0 unspecified atom stereocenters. The van der Waals surface area contributed by atoms with Crippen molar-refractivity contribution < 1.29 is 19.1 Å². The predicted molar refractivity (Wildman–Crippen MR) is 104 cm³/mol. The van der Waals surface area contributed by atoms with Crippen LogP contribution < -0.4 is 10.6 Å². The first kappa shape index (κ1) is 20.3. The van der Waals surface area contributed by atoms with E-state index in [1.54, 1.807) is 0 Å². The van der Waals surface area contributed by atoms with Crippen LogP contribution in [-0.4, -0.2) is 79.6 Å². The molecule has 1 aromatic carbocycles. The van der Waals surface area contributed by atoms with Gasteiger partial charge in [0, 0.05) is 39.1 Å².